The van der Waals surface area contributed by atoms with Crippen LogP contribution in [0.1, 0.15) is 42.5 Å². The molecule has 0 aromatic heterocycles. The number of nitrogens with zero attached hydrogens (tertiary/aromatic N) is 2. The first-order valence-corrected chi connectivity index (χ1v) is 11.1. The van der Waals surface area contributed by atoms with Crippen LogP contribution in [0.15, 0.2) is 18.2 Å². The first kappa shape index (κ1) is 19.0. The first-order chi connectivity index (χ1) is 12.3. The van der Waals surface area contributed by atoms with Gasteiger partial charge in [0.25, 0.3) is 0 Å². The van der Waals surface area contributed by atoms with Crippen LogP contribution < -0.4 is 9.62 Å². The number of sulfonamides is 1. The van der Waals surface area contributed by atoms with Gasteiger partial charge in [0.05, 0.1) is 17.5 Å². The number of nitrogens with one attached hydrogen (secondary N) is 1. The second-order valence-corrected chi connectivity index (χ2v) is 8.97. The van der Waals surface area contributed by atoms with Crippen molar-refractivity contribution in [3.63, 3.8) is 0 Å². The molecule has 1 aromatic carbocycles. The van der Waals surface area contributed by atoms with Gasteiger partial charge in [-0.3, -0.25) is 9.62 Å². The molecule has 2 aliphatic rings. The predicted octanol–water partition coefficient (Wildman–Crippen LogP) is 2.21. The van der Waals surface area contributed by atoms with Crippen molar-refractivity contribution in [2.75, 3.05) is 42.1 Å². The van der Waals surface area contributed by atoms with Crippen LogP contribution in [-0.2, 0) is 10.0 Å². The Bertz CT molecular complexity index is 752. The van der Waals surface area contributed by atoms with Gasteiger partial charge in [-0.25, -0.2) is 13.2 Å². The van der Waals surface area contributed by atoms with E-state index >= 15 is 0 Å². The summed E-state index contributed by atoms with van der Waals surface area (Å²) in [7, 11) is -3.52. The number of carboxylic acids is 1. The summed E-state index contributed by atoms with van der Waals surface area (Å²) in [5.74, 6) is -1.14. The molecule has 7 nitrogen and oxygen atoms in total. The summed E-state index contributed by atoms with van der Waals surface area (Å²) in [5.41, 5.74) is 0.900. The minimum Gasteiger partial charge on any atom is -0.478 e. The largest absolute Gasteiger partial charge is 0.478 e. The lowest BCUT2D eigenvalue weighted by Gasteiger charge is -2.41. The van der Waals surface area contributed by atoms with E-state index in [4.69, 9.17) is 0 Å². The Morgan fingerprint density at radius 2 is 1.77 bits per heavy atom. The van der Waals surface area contributed by atoms with Crippen molar-refractivity contribution >= 4 is 27.4 Å². The molecule has 144 valence electrons. The van der Waals surface area contributed by atoms with Crippen LogP contribution in [0, 0.1) is 0 Å². The molecule has 3 rings (SSSR count). The van der Waals surface area contributed by atoms with Gasteiger partial charge >= 0.3 is 5.97 Å². The number of carbonyl (C=O) groups is 1. The highest BCUT2D eigenvalue weighted by atomic mass is 32.2. The van der Waals surface area contributed by atoms with Crippen LogP contribution in [0.25, 0.3) is 0 Å². The van der Waals surface area contributed by atoms with Crippen LogP contribution in [0.4, 0.5) is 11.4 Å². The summed E-state index contributed by atoms with van der Waals surface area (Å²) in [5, 5.41) is 9.44. The van der Waals surface area contributed by atoms with Crippen LogP contribution in [0.5, 0.6) is 0 Å². The average Bonchev–Trinajstić information content (AvgIpc) is 2.61. The lowest BCUT2D eigenvalue weighted by molar-refractivity contribution is 0.0698. The zero-order chi connectivity index (χ0) is 18.7. The molecule has 1 aliphatic heterocycles. The smallest absolute Gasteiger partial charge is 0.337 e. The van der Waals surface area contributed by atoms with Gasteiger partial charge in [-0.15, -0.1) is 0 Å². The van der Waals surface area contributed by atoms with E-state index in [1.54, 1.807) is 12.1 Å². The van der Waals surface area contributed by atoms with Crippen molar-refractivity contribution < 1.29 is 18.3 Å². The van der Waals surface area contributed by atoms with Crippen molar-refractivity contribution in [3.8, 4) is 0 Å². The van der Waals surface area contributed by atoms with Crippen LogP contribution in [-0.4, -0.2) is 62.9 Å². The number of hydrogen-bond donors (Lipinski definition) is 2. The fraction of sp³-hybridized carbons (Fsp3) is 0.611. The fourth-order valence-corrected chi connectivity index (χ4v) is 4.56. The van der Waals surface area contributed by atoms with Crippen molar-refractivity contribution in [2.45, 2.75) is 38.1 Å². The molecule has 1 saturated carbocycles. The van der Waals surface area contributed by atoms with Gasteiger partial charge in [-0.05, 0) is 31.0 Å². The van der Waals surface area contributed by atoms with Crippen LogP contribution >= 0.6 is 0 Å². The van der Waals surface area contributed by atoms with Gasteiger partial charge in [0.2, 0.25) is 10.0 Å². The van der Waals surface area contributed by atoms with Gasteiger partial charge in [-0.1, -0.05) is 19.3 Å². The van der Waals surface area contributed by atoms with Crippen molar-refractivity contribution in [3.05, 3.63) is 23.8 Å². The van der Waals surface area contributed by atoms with Gasteiger partial charge in [0, 0.05) is 37.9 Å². The molecular formula is C18H27N3O4S. The maximum Gasteiger partial charge on any atom is 0.337 e. The molecule has 0 spiro atoms. The SMILES string of the molecule is CS(=O)(=O)Nc1ccc(N2CCN(C3CCCCC3)CC2)cc1C(=O)O. The summed E-state index contributed by atoms with van der Waals surface area (Å²) < 4.78 is 25.1. The second kappa shape index (κ2) is 7.84. The van der Waals surface area contributed by atoms with E-state index in [9.17, 15) is 18.3 Å². The Morgan fingerprint density at radius 1 is 1.12 bits per heavy atom. The number of rotatable bonds is 5. The second-order valence-electron chi connectivity index (χ2n) is 7.22. The molecule has 1 aliphatic carbocycles. The molecule has 0 radical (unpaired) electrons. The summed E-state index contributed by atoms with van der Waals surface area (Å²) in [6.45, 7) is 3.68. The summed E-state index contributed by atoms with van der Waals surface area (Å²) in [6, 6.07) is 5.58. The van der Waals surface area contributed by atoms with E-state index < -0.39 is 16.0 Å². The molecule has 2 N–H and O–H groups in total. The topological polar surface area (TPSA) is 90.0 Å². The number of benzene rings is 1. The summed E-state index contributed by atoms with van der Waals surface area (Å²) in [4.78, 5) is 16.3. The van der Waals surface area contributed by atoms with E-state index in [0.717, 1.165) is 38.1 Å². The normalized spacial score (nSPS) is 20.1. The average molecular weight is 381 g/mol. The highest BCUT2D eigenvalue weighted by molar-refractivity contribution is 7.92. The highest BCUT2D eigenvalue weighted by Crippen LogP contribution is 2.27. The minimum absolute atomic E-state index is 0.0253. The van der Waals surface area contributed by atoms with Crippen LogP contribution in [0.2, 0.25) is 0 Å². The quantitative estimate of drug-likeness (QED) is 0.813. The maximum absolute atomic E-state index is 11.5. The summed E-state index contributed by atoms with van der Waals surface area (Å²) in [6.07, 6.45) is 7.58. The number of hydrogen-bond acceptors (Lipinski definition) is 5. The molecule has 26 heavy (non-hydrogen) atoms. The molecule has 1 saturated heterocycles. The molecule has 1 heterocycles. The number of anilines is 2. The molecular weight excluding hydrogens is 354 g/mol. The molecule has 8 heteroatoms. The number of carboxylic acid groups (broad SMARTS) is 1. The Hall–Kier alpha value is -1.80. The summed E-state index contributed by atoms with van der Waals surface area (Å²) >= 11 is 0. The Labute approximate surface area is 155 Å². The standard InChI is InChI=1S/C18H27N3O4S/c1-26(24,25)19-17-8-7-15(13-16(17)18(22)23)21-11-9-20(10-12-21)14-5-3-2-4-6-14/h7-8,13-14,19H,2-6,9-12H2,1H3,(H,22,23). The fourth-order valence-electron chi connectivity index (χ4n) is 3.99. The molecule has 0 bridgehead atoms. The monoisotopic (exact) mass is 381 g/mol. The van der Waals surface area contributed by atoms with Gasteiger partial charge < -0.3 is 10.0 Å². The third kappa shape index (κ3) is 4.67. The Kier molecular flexibility index (Phi) is 5.72. The predicted molar refractivity (Wildman–Crippen MR) is 103 cm³/mol. The lowest BCUT2D eigenvalue weighted by atomic mass is 9.94. The van der Waals surface area contributed by atoms with E-state index in [-0.39, 0.29) is 11.3 Å². The van der Waals surface area contributed by atoms with E-state index in [1.807, 2.05) is 0 Å². The van der Waals surface area contributed by atoms with Crippen molar-refractivity contribution in [1.82, 2.24) is 4.90 Å². The molecule has 0 atom stereocenters. The van der Waals surface area contributed by atoms with Crippen molar-refractivity contribution in [2.24, 2.45) is 0 Å². The zero-order valence-electron chi connectivity index (χ0n) is 15.1. The van der Waals surface area contributed by atoms with E-state index in [0.29, 0.717) is 6.04 Å². The number of aromatic carboxylic acids is 1. The minimum atomic E-state index is -3.52. The lowest BCUT2D eigenvalue weighted by Crippen LogP contribution is -2.50. The third-order valence-corrected chi connectivity index (χ3v) is 5.89. The highest BCUT2D eigenvalue weighted by Gasteiger charge is 2.26. The van der Waals surface area contributed by atoms with Gasteiger partial charge in [0.1, 0.15) is 0 Å². The van der Waals surface area contributed by atoms with Gasteiger partial charge in [-0.2, -0.15) is 0 Å². The molecule has 1 aromatic rings. The first-order valence-electron chi connectivity index (χ1n) is 9.17. The van der Waals surface area contributed by atoms with Crippen LogP contribution in [0.3, 0.4) is 0 Å². The zero-order valence-corrected chi connectivity index (χ0v) is 16.0. The van der Waals surface area contributed by atoms with Crippen molar-refractivity contribution in [1.29, 1.82) is 0 Å². The molecule has 0 unspecified atom stereocenters. The molecule has 2 fully saturated rings. The van der Waals surface area contributed by atoms with E-state index in [1.165, 1.54) is 38.2 Å². The maximum atomic E-state index is 11.5. The third-order valence-electron chi connectivity index (χ3n) is 5.30. The molecule has 0 amide bonds. The Balaban J connectivity index is 1.70. The number of piperazine rings is 1. The van der Waals surface area contributed by atoms with E-state index in [2.05, 4.69) is 14.5 Å². The Morgan fingerprint density at radius 3 is 2.35 bits per heavy atom. The van der Waals surface area contributed by atoms with Gasteiger partial charge in [0.15, 0.2) is 0 Å².